The van der Waals surface area contributed by atoms with Gasteiger partial charge in [0.2, 0.25) is 10.0 Å². The molecular weight excluding hydrogens is 324 g/mol. The zero-order chi connectivity index (χ0) is 16.5. The lowest BCUT2D eigenvalue weighted by atomic mass is 9.92. The summed E-state index contributed by atoms with van der Waals surface area (Å²) in [5.74, 6) is 0.310. The van der Waals surface area contributed by atoms with Crippen LogP contribution < -0.4 is 10.5 Å². The quantitative estimate of drug-likeness (QED) is 0.748. The van der Waals surface area contributed by atoms with Crippen molar-refractivity contribution in [1.29, 1.82) is 0 Å². The Balaban J connectivity index is 2.45. The maximum absolute atomic E-state index is 12.7. The first kappa shape index (κ1) is 17.2. The predicted molar refractivity (Wildman–Crippen MR) is 88.3 cm³/mol. The molecule has 0 aliphatic carbocycles. The highest BCUT2D eigenvalue weighted by Crippen LogP contribution is 2.29. The van der Waals surface area contributed by atoms with Gasteiger partial charge >= 0.3 is 0 Å². The summed E-state index contributed by atoms with van der Waals surface area (Å²) in [6.07, 6.45) is 3.56. The molecule has 0 saturated carbocycles. The average molecular weight is 345 g/mol. The van der Waals surface area contributed by atoms with Crippen molar-refractivity contribution >= 4 is 32.7 Å². The number of aromatic amines is 1. The molecule has 0 amide bonds. The monoisotopic (exact) mass is 344 g/mol. The molecule has 0 aliphatic heterocycles. The molecule has 0 fully saturated rings. The number of pyridine rings is 1. The largest absolute Gasteiger partial charge is 0.345 e. The van der Waals surface area contributed by atoms with E-state index in [2.05, 4.69) is 14.7 Å². The highest BCUT2D eigenvalue weighted by Gasteiger charge is 2.32. The first-order valence-electron chi connectivity index (χ1n) is 7.04. The smallest absolute Gasteiger partial charge is 0.243 e. The van der Waals surface area contributed by atoms with Crippen molar-refractivity contribution in [3.63, 3.8) is 0 Å². The van der Waals surface area contributed by atoms with Crippen LogP contribution in [0, 0.1) is 5.92 Å². The molecule has 0 aliphatic rings. The van der Waals surface area contributed by atoms with Crippen molar-refractivity contribution in [2.75, 3.05) is 6.54 Å². The van der Waals surface area contributed by atoms with Crippen molar-refractivity contribution in [1.82, 2.24) is 14.7 Å². The van der Waals surface area contributed by atoms with Crippen molar-refractivity contribution in [3.05, 3.63) is 23.5 Å². The van der Waals surface area contributed by atoms with E-state index in [-0.39, 0.29) is 11.4 Å². The Bertz CT molecular complexity index is 772. The third-order valence-electron chi connectivity index (χ3n) is 3.47. The minimum Gasteiger partial charge on any atom is -0.345 e. The fourth-order valence-electron chi connectivity index (χ4n) is 2.65. The second-order valence-electron chi connectivity index (χ2n) is 6.14. The van der Waals surface area contributed by atoms with E-state index >= 15 is 0 Å². The van der Waals surface area contributed by atoms with E-state index in [1.807, 2.05) is 13.8 Å². The molecule has 0 saturated heterocycles. The van der Waals surface area contributed by atoms with E-state index in [1.54, 1.807) is 13.0 Å². The number of rotatable bonds is 6. The molecule has 22 heavy (non-hydrogen) atoms. The standard InChI is InChI=1S/C14H21ClN4O2S/c1-9(2)6-14(3,8-16)19-22(20,21)11-7-18-13-12(11)10(15)4-5-17-13/h4-5,7,9,19H,6,8,16H2,1-3H3,(H,17,18). The van der Waals surface area contributed by atoms with Crippen molar-refractivity contribution in [2.45, 2.75) is 37.6 Å². The van der Waals surface area contributed by atoms with Gasteiger partial charge in [-0.3, -0.25) is 0 Å². The molecule has 2 rings (SSSR count). The summed E-state index contributed by atoms with van der Waals surface area (Å²) >= 11 is 6.12. The molecule has 8 heteroatoms. The lowest BCUT2D eigenvalue weighted by molar-refractivity contribution is 0.344. The van der Waals surface area contributed by atoms with Crippen LogP contribution in [0.25, 0.3) is 11.0 Å². The van der Waals surface area contributed by atoms with Crippen LogP contribution in [-0.2, 0) is 10.0 Å². The lowest BCUT2D eigenvalue weighted by Crippen LogP contribution is -2.51. The first-order valence-corrected chi connectivity index (χ1v) is 8.90. The zero-order valence-electron chi connectivity index (χ0n) is 12.9. The third kappa shape index (κ3) is 3.43. The maximum Gasteiger partial charge on any atom is 0.243 e. The topological polar surface area (TPSA) is 101 Å². The van der Waals surface area contributed by atoms with Gasteiger partial charge in [-0.15, -0.1) is 0 Å². The second kappa shape index (κ2) is 6.16. The molecule has 4 N–H and O–H groups in total. The second-order valence-corrected chi connectivity index (χ2v) is 8.20. The Morgan fingerprint density at radius 2 is 2.18 bits per heavy atom. The van der Waals surface area contributed by atoms with Crippen LogP contribution in [0.3, 0.4) is 0 Å². The van der Waals surface area contributed by atoms with Gasteiger partial charge in [0, 0.05) is 24.5 Å². The Morgan fingerprint density at radius 3 is 2.77 bits per heavy atom. The average Bonchev–Trinajstić information content (AvgIpc) is 2.83. The third-order valence-corrected chi connectivity index (χ3v) is 5.44. The maximum atomic E-state index is 12.7. The highest BCUT2D eigenvalue weighted by atomic mass is 35.5. The number of halogens is 1. The summed E-state index contributed by atoms with van der Waals surface area (Å²) in [6.45, 7) is 6.06. The van der Waals surface area contributed by atoms with E-state index in [4.69, 9.17) is 17.3 Å². The first-order chi connectivity index (χ1) is 10.2. The summed E-state index contributed by atoms with van der Waals surface area (Å²) in [6, 6.07) is 1.56. The van der Waals surface area contributed by atoms with Gasteiger partial charge in [-0.05, 0) is 25.3 Å². The van der Waals surface area contributed by atoms with Gasteiger partial charge in [-0.25, -0.2) is 18.1 Å². The van der Waals surface area contributed by atoms with Crippen LogP contribution in [-0.4, -0.2) is 30.5 Å². The minimum absolute atomic E-state index is 0.0871. The normalized spacial score (nSPS) is 15.4. The van der Waals surface area contributed by atoms with Crippen molar-refractivity contribution in [2.24, 2.45) is 11.7 Å². The SMILES string of the molecule is CC(C)CC(C)(CN)NS(=O)(=O)c1c[nH]c2nccc(Cl)c12. The molecule has 1 atom stereocenters. The molecule has 6 nitrogen and oxygen atoms in total. The summed E-state index contributed by atoms with van der Waals surface area (Å²) in [5, 5.41) is 0.727. The number of H-pyrrole nitrogens is 1. The van der Waals surface area contributed by atoms with Gasteiger partial charge in [0.05, 0.1) is 10.4 Å². The van der Waals surface area contributed by atoms with Gasteiger partial charge in [0.25, 0.3) is 0 Å². The molecule has 0 spiro atoms. The molecule has 0 aromatic carbocycles. The number of hydrogen-bond donors (Lipinski definition) is 3. The van der Waals surface area contributed by atoms with E-state index < -0.39 is 15.6 Å². The summed E-state index contributed by atoms with van der Waals surface area (Å²) < 4.78 is 28.2. The van der Waals surface area contributed by atoms with E-state index in [0.717, 1.165) is 0 Å². The molecule has 1 unspecified atom stereocenters. The van der Waals surface area contributed by atoms with Crippen LogP contribution in [0.1, 0.15) is 27.2 Å². The van der Waals surface area contributed by atoms with Gasteiger partial charge in [-0.2, -0.15) is 0 Å². The van der Waals surface area contributed by atoms with Crippen LogP contribution in [0.15, 0.2) is 23.4 Å². The van der Waals surface area contributed by atoms with Gasteiger partial charge < -0.3 is 10.7 Å². The summed E-state index contributed by atoms with van der Waals surface area (Å²) in [5.41, 5.74) is 5.50. The Hall–Kier alpha value is -1.15. The zero-order valence-corrected chi connectivity index (χ0v) is 14.4. The number of fused-ring (bicyclic) bond motifs is 1. The number of aromatic nitrogens is 2. The van der Waals surface area contributed by atoms with Crippen molar-refractivity contribution in [3.8, 4) is 0 Å². The Morgan fingerprint density at radius 1 is 1.50 bits per heavy atom. The van der Waals surface area contributed by atoms with Crippen molar-refractivity contribution < 1.29 is 8.42 Å². The van der Waals surface area contributed by atoms with E-state index in [9.17, 15) is 8.42 Å². The molecule has 2 heterocycles. The molecule has 0 radical (unpaired) electrons. The molecular formula is C14H21ClN4O2S. The van der Waals surface area contributed by atoms with Crippen LogP contribution in [0.4, 0.5) is 0 Å². The van der Waals surface area contributed by atoms with Gasteiger partial charge in [-0.1, -0.05) is 25.4 Å². The number of nitrogens with one attached hydrogen (secondary N) is 2. The summed E-state index contributed by atoms with van der Waals surface area (Å²) in [4.78, 5) is 7.01. The highest BCUT2D eigenvalue weighted by molar-refractivity contribution is 7.89. The molecule has 2 aromatic rings. The Labute approximate surface area is 135 Å². The van der Waals surface area contributed by atoms with Crippen LogP contribution in [0.5, 0.6) is 0 Å². The Kier molecular flexibility index (Phi) is 4.81. The molecule has 122 valence electrons. The van der Waals surface area contributed by atoms with Gasteiger partial charge in [0.15, 0.2) is 0 Å². The van der Waals surface area contributed by atoms with Crippen LogP contribution >= 0.6 is 11.6 Å². The van der Waals surface area contributed by atoms with Gasteiger partial charge in [0.1, 0.15) is 10.5 Å². The number of nitrogens with two attached hydrogens (primary N) is 1. The number of nitrogens with zero attached hydrogens (tertiary/aromatic N) is 1. The number of sulfonamides is 1. The summed E-state index contributed by atoms with van der Waals surface area (Å²) in [7, 11) is -3.77. The fourth-order valence-corrected chi connectivity index (χ4v) is 4.57. The van der Waals surface area contributed by atoms with E-state index in [0.29, 0.717) is 28.4 Å². The predicted octanol–water partition coefficient (Wildman–Crippen LogP) is 2.26. The lowest BCUT2D eigenvalue weighted by Gasteiger charge is -2.30. The minimum atomic E-state index is -3.77. The van der Waals surface area contributed by atoms with Crippen LogP contribution in [0.2, 0.25) is 5.02 Å². The van der Waals surface area contributed by atoms with E-state index in [1.165, 1.54) is 12.4 Å². The molecule has 0 bridgehead atoms. The molecule has 2 aromatic heterocycles. The number of hydrogen-bond acceptors (Lipinski definition) is 4. The fraction of sp³-hybridized carbons (Fsp3) is 0.500.